The van der Waals surface area contributed by atoms with Crippen LogP contribution >= 0.6 is 0 Å². The summed E-state index contributed by atoms with van der Waals surface area (Å²) in [5, 5.41) is 12.1. The first-order chi connectivity index (χ1) is 9.58. The van der Waals surface area contributed by atoms with E-state index < -0.39 is 0 Å². The summed E-state index contributed by atoms with van der Waals surface area (Å²) in [5.74, 6) is 0.570. The van der Waals surface area contributed by atoms with E-state index in [0.29, 0.717) is 17.1 Å². The molecule has 0 unspecified atom stereocenters. The predicted octanol–water partition coefficient (Wildman–Crippen LogP) is 2.16. The van der Waals surface area contributed by atoms with Crippen molar-refractivity contribution in [2.75, 3.05) is 18.2 Å². The van der Waals surface area contributed by atoms with Crippen LogP contribution in [0.5, 0.6) is 11.5 Å². The average Bonchev–Trinajstić information content (AvgIpc) is 2.41. The maximum Gasteiger partial charge on any atom is 0.228 e. The fraction of sp³-hybridized carbons (Fsp3) is 0.133. The van der Waals surface area contributed by atoms with E-state index >= 15 is 0 Å². The second-order valence-electron chi connectivity index (χ2n) is 4.35. The van der Waals surface area contributed by atoms with E-state index in [0.717, 1.165) is 5.56 Å². The van der Waals surface area contributed by atoms with Gasteiger partial charge in [-0.15, -0.1) is 0 Å². The van der Waals surface area contributed by atoms with Gasteiger partial charge in [-0.05, 0) is 29.8 Å². The molecule has 104 valence electrons. The van der Waals surface area contributed by atoms with Gasteiger partial charge in [0, 0.05) is 6.07 Å². The standard InChI is InChI=1S/C15H16N2O3/c1-20-12-5-6-14(13(16)9-12)17-15(19)8-10-3-2-4-11(18)7-10/h2-7,9,18H,8,16H2,1H3,(H,17,19). The van der Waals surface area contributed by atoms with Crippen molar-refractivity contribution in [1.82, 2.24) is 0 Å². The summed E-state index contributed by atoms with van der Waals surface area (Å²) in [6.45, 7) is 0. The van der Waals surface area contributed by atoms with Gasteiger partial charge in [0.25, 0.3) is 0 Å². The summed E-state index contributed by atoms with van der Waals surface area (Å²) in [7, 11) is 1.55. The smallest absolute Gasteiger partial charge is 0.228 e. The molecular weight excluding hydrogens is 256 g/mol. The maximum atomic E-state index is 11.9. The number of nitrogen functional groups attached to an aromatic ring is 1. The van der Waals surface area contributed by atoms with Crippen LogP contribution in [-0.4, -0.2) is 18.1 Å². The maximum absolute atomic E-state index is 11.9. The van der Waals surface area contributed by atoms with Crippen molar-refractivity contribution in [2.45, 2.75) is 6.42 Å². The van der Waals surface area contributed by atoms with Gasteiger partial charge in [0.2, 0.25) is 5.91 Å². The zero-order chi connectivity index (χ0) is 14.5. The molecule has 0 atom stereocenters. The second-order valence-corrected chi connectivity index (χ2v) is 4.35. The Balaban J connectivity index is 2.05. The van der Waals surface area contributed by atoms with Gasteiger partial charge in [0.1, 0.15) is 11.5 Å². The Kier molecular flexibility index (Phi) is 4.10. The highest BCUT2D eigenvalue weighted by atomic mass is 16.5. The fourth-order valence-electron chi connectivity index (χ4n) is 1.83. The van der Waals surface area contributed by atoms with Crippen LogP contribution in [0.4, 0.5) is 11.4 Å². The van der Waals surface area contributed by atoms with E-state index in [-0.39, 0.29) is 18.1 Å². The van der Waals surface area contributed by atoms with E-state index in [2.05, 4.69) is 5.32 Å². The van der Waals surface area contributed by atoms with Gasteiger partial charge in [-0.25, -0.2) is 0 Å². The Labute approximate surface area is 117 Å². The number of ether oxygens (including phenoxy) is 1. The van der Waals surface area contributed by atoms with Crippen LogP contribution in [0.2, 0.25) is 0 Å². The highest BCUT2D eigenvalue weighted by molar-refractivity contribution is 5.95. The molecule has 0 saturated heterocycles. The summed E-state index contributed by atoms with van der Waals surface area (Å²) in [6, 6.07) is 11.6. The minimum atomic E-state index is -0.201. The molecule has 2 aromatic rings. The number of carbonyl (C=O) groups excluding carboxylic acids is 1. The number of carbonyl (C=O) groups is 1. The van der Waals surface area contributed by atoms with Gasteiger partial charge in [-0.1, -0.05) is 12.1 Å². The minimum Gasteiger partial charge on any atom is -0.508 e. The predicted molar refractivity (Wildman–Crippen MR) is 77.8 cm³/mol. The molecule has 0 aromatic heterocycles. The number of hydrogen-bond donors (Lipinski definition) is 3. The number of amides is 1. The Morgan fingerprint density at radius 3 is 2.75 bits per heavy atom. The molecule has 0 aliphatic heterocycles. The summed E-state index contributed by atoms with van der Waals surface area (Å²) in [5.41, 5.74) is 7.54. The Morgan fingerprint density at radius 1 is 1.30 bits per heavy atom. The molecule has 5 heteroatoms. The topological polar surface area (TPSA) is 84.6 Å². The summed E-state index contributed by atoms with van der Waals surface area (Å²) in [4.78, 5) is 11.9. The Bertz CT molecular complexity index is 626. The molecule has 2 rings (SSSR count). The molecule has 20 heavy (non-hydrogen) atoms. The third-order valence-electron chi connectivity index (χ3n) is 2.81. The van der Waals surface area contributed by atoms with Crippen molar-refractivity contribution < 1.29 is 14.6 Å². The van der Waals surface area contributed by atoms with Gasteiger partial charge >= 0.3 is 0 Å². The largest absolute Gasteiger partial charge is 0.508 e. The number of phenolic OH excluding ortho intramolecular Hbond substituents is 1. The molecular formula is C15H16N2O3. The lowest BCUT2D eigenvalue weighted by Crippen LogP contribution is -2.15. The number of nitrogens with two attached hydrogens (primary N) is 1. The molecule has 4 N–H and O–H groups in total. The Morgan fingerprint density at radius 2 is 2.10 bits per heavy atom. The number of benzene rings is 2. The second kappa shape index (κ2) is 5.97. The van der Waals surface area contributed by atoms with Gasteiger partial charge in [0.15, 0.2) is 0 Å². The van der Waals surface area contributed by atoms with E-state index in [1.165, 1.54) is 0 Å². The molecule has 0 bridgehead atoms. The molecule has 0 heterocycles. The van der Waals surface area contributed by atoms with Crippen LogP contribution in [0.15, 0.2) is 42.5 Å². The first kappa shape index (κ1) is 13.7. The number of anilines is 2. The number of aromatic hydroxyl groups is 1. The van der Waals surface area contributed by atoms with Crippen LogP contribution < -0.4 is 15.8 Å². The summed E-state index contributed by atoms with van der Waals surface area (Å²) in [6.07, 6.45) is 0.167. The van der Waals surface area contributed by atoms with E-state index in [9.17, 15) is 9.90 Å². The Hall–Kier alpha value is -2.69. The van der Waals surface area contributed by atoms with Crippen LogP contribution in [0.3, 0.4) is 0 Å². The van der Waals surface area contributed by atoms with E-state index in [4.69, 9.17) is 10.5 Å². The average molecular weight is 272 g/mol. The van der Waals surface area contributed by atoms with Crippen molar-refractivity contribution in [3.8, 4) is 11.5 Å². The fourth-order valence-corrected chi connectivity index (χ4v) is 1.83. The van der Waals surface area contributed by atoms with Crippen LogP contribution in [0.1, 0.15) is 5.56 Å². The highest BCUT2D eigenvalue weighted by Gasteiger charge is 2.07. The first-order valence-corrected chi connectivity index (χ1v) is 6.10. The molecule has 0 spiro atoms. The number of rotatable bonds is 4. The molecule has 0 fully saturated rings. The van der Waals surface area contributed by atoms with Gasteiger partial charge in [-0.3, -0.25) is 4.79 Å². The van der Waals surface area contributed by atoms with Crippen LogP contribution in [0.25, 0.3) is 0 Å². The number of nitrogens with one attached hydrogen (secondary N) is 1. The lowest BCUT2D eigenvalue weighted by atomic mass is 10.1. The SMILES string of the molecule is COc1ccc(NC(=O)Cc2cccc(O)c2)c(N)c1. The van der Waals surface area contributed by atoms with Crippen molar-refractivity contribution >= 4 is 17.3 Å². The summed E-state index contributed by atoms with van der Waals surface area (Å²) >= 11 is 0. The lowest BCUT2D eigenvalue weighted by molar-refractivity contribution is -0.115. The van der Waals surface area contributed by atoms with Gasteiger partial charge < -0.3 is 20.9 Å². The zero-order valence-corrected chi connectivity index (χ0v) is 11.1. The highest BCUT2D eigenvalue weighted by Crippen LogP contribution is 2.24. The normalized spacial score (nSPS) is 10.1. The number of methoxy groups -OCH3 is 1. The molecule has 0 aliphatic carbocycles. The monoisotopic (exact) mass is 272 g/mol. The number of phenols is 1. The molecule has 0 aliphatic rings. The van der Waals surface area contributed by atoms with Gasteiger partial charge in [-0.2, -0.15) is 0 Å². The molecule has 2 aromatic carbocycles. The zero-order valence-electron chi connectivity index (χ0n) is 11.1. The van der Waals surface area contributed by atoms with Crippen molar-refractivity contribution in [3.05, 3.63) is 48.0 Å². The number of hydrogen-bond acceptors (Lipinski definition) is 4. The van der Waals surface area contributed by atoms with Crippen molar-refractivity contribution in [1.29, 1.82) is 0 Å². The summed E-state index contributed by atoms with van der Waals surface area (Å²) < 4.78 is 5.04. The lowest BCUT2D eigenvalue weighted by Gasteiger charge is -2.09. The van der Waals surface area contributed by atoms with Crippen LogP contribution in [0, 0.1) is 0 Å². The third kappa shape index (κ3) is 3.41. The quantitative estimate of drug-likeness (QED) is 0.745. The molecule has 5 nitrogen and oxygen atoms in total. The molecule has 0 radical (unpaired) electrons. The third-order valence-corrected chi connectivity index (χ3v) is 2.81. The van der Waals surface area contributed by atoms with Gasteiger partial charge in [0.05, 0.1) is 24.9 Å². The van der Waals surface area contributed by atoms with E-state index in [1.807, 2.05) is 0 Å². The van der Waals surface area contributed by atoms with Crippen molar-refractivity contribution in [2.24, 2.45) is 0 Å². The van der Waals surface area contributed by atoms with E-state index in [1.54, 1.807) is 49.6 Å². The molecule has 1 amide bonds. The first-order valence-electron chi connectivity index (χ1n) is 6.10. The van der Waals surface area contributed by atoms with Crippen molar-refractivity contribution in [3.63, 3.8) is 0 Å². The van der Waals surface area contributed by atoms with Crippen LogP contribution in [-0.2, 0) is 11.2 Å². The molecule has 0 saturated carbocycles. The minimum absolute atomic E-state index is 0.138.